The minimum atomic E-state index is -5.09. The summed E-state index contributed by atoms with van der Waals surface area (Å²) in [6, 6.07) is 5.39. The topological polar surface area (TPSA) is 36.9 Å². The second-order valence-corrected chi connectivity index (χ2v) is 11.9. The van der Waals surface area contributed by atoms with Crippen LogP contribution in [0.4, 0.5) is 30.7 Å². The Morgan fingerprint density at radius 3 is 1.93 bits per heavy atom. The summed E-state index contributed by atoms with van der Waals surface area (Å²) in [5, 5.41) is 0. The normalized spacial score (nSPS) is 29.2. The summed E-state index contributed by atoms with van der Waals surface area (Å²) in [7, 11) is 0. The van der Waals surface area contributed by atoms with Crippen molar-refractivity contribution in [1.29, 1.82) is 0 Å². The quantitative estimate of drug-likeness (QED) is 0.296. The van der Waals surface area contributed by atoms with Crippen molar-refractivity contribution in [3.8, 4) is 22.6 Å². The standard InChI is InChI=1S/C31H35F7O4/c1-18-2-4-19(5-3-18)22-16-39-29(40-17-22)20-6-9-23(10-7-20)30(34,35)41-24-11-12-25(26(32)15-24)21-8-13-28(27(33)14-21)42-31(36,37)38/h8,11-15,18-20,22-23,29H,2-7,9-10,16-17H2,1H3. The Labute approximate surface area is 240 Å². The van der Waals surface area contributed by atoms with Gasteiger partial charge in [0.2, 0.25) is 0 Å². The number of rotatable bonds is 7. The lowest BCUT2D eigenvalue weighted by Gasteiger charge is -2.41. The highest BCUT2D eigenvalue weighted by atomic mass is 19.4. The van der Waals surface area contributed by atoms with Crippen molar-refractivity contribution in [1.82, 2.24) is 0 Å². The average Bonchev–Trinajstić information content (AvgIpc) is 2.94. The molecule has 42 heavy (non-hydrogen) atoms. The number of ether oxygens (including phenoxy) is 4. The molecule has 0 amide bonds. The van der Waals surface area contributed by atoms with E-state index in [9.17, 15) is 22.0 Å². The molecule has 2 aromatic rings. The molecule has 1 heterocycles. The molecule has 0 aromatic heterocycles. The molecule has 0 spiro atoms. The maximum Gasteiger partial charge on any atom is 0.573 e. The number of hydrogen-bond acceptors (Lipinski definition) is 4. The van der Waals surface area contributed by atoms with Crippen LogP contribution in [0.1, 0.15) is 58.3 Å². The first-order valence-corrected chi connectivity index (χ1v) is 14.5. The molecule has 2 saturated carbocycles. The number of halogens is 7. The Morgan fingerprint density at radius 2 is 1.33 bits per heavy atom. The molecular weight excluding hydrogens is 569 g/mol. The molecule has 0 N–H and O–H groups in total. The molecule has 4 nitrogen and oxygen atoms in total. The zero-order valence-electron chi connectivity index (χ0n) is 23.3. The van der Waals surface area contributed by atoms with E-state index in [-0.39, 0.29) is 36.2 Å². The van der Waals surface area contributed by atoms with Gasteiger partial charge in [-0.05, 0) is 80.2 Å². The predicted molar refractivity (Wildman–Crippen MR) is 140 cm³/mol. The van der Waals surface area contributed by atoms with Gasteiger partial charge in [0.05, 0.1) is 19.1 Å². The van der Waals surface area contributed by atoms with Crippen LogP contribution < -0.4 is 9.47 Å². The summed E-state index contributed by atoms with van der Waals surface area (Å²) in [6.07, 6.45) is -2.80. The largest absolute Gasteiger partial charge is 0.573 e. The van der Waals surface area contributed by atoms with E-state index >= 15 is 8.78 Å². The SMILES string of the molecule is CC1CCC(C2COC(C3CCC(C(F)(F)Oc4ccc(-c5ccc(OC(F)(F)F)c(F)c5)c(F)c4)CC3)OC2)CC1. The van der Waals surface area contributed by atoms with Crippen molar-refractivity contribution in [2.75, 3.05) is 13.2 Å². The van der Waals surface area contributed by atoms with Gasteiger partial charge in [0.15, 0.2) is 17.9 Å². The summed E-state index contributed by atoms with van der Waals surface area (Å²) < 4.78 is 117. The van der Waals surface area contributed by atoms with Gasteiger partial charge in [0.1, 0.15) is 11.6 Å². The van der Waals surface area contributed by atoms with Crippen LogP contribution in [0.25, 0.3) is 11.1 Å². The highest BCUT2D eigenvalue weighted by Gasteiger charge is 2.46. The van der Waals surface area contributed by atoms with Gasteiger partial charge in [0.25, 0.3) is 0 Å². The third kappa shape index (κ3) is 7.51. The molecule has 0 atom stereocenters. The van der Waals surface area contributed by atoms with E-state index in [1.54, 1.807) is 0 Å². The van der Waals surface area contributed by atoms with Crippen molar-refractivity contribution >= 4 is 0 Å². The summed E-state index contributed by atoms with van der Waals surface area (Å²) in [5.41, 5.74) is -0.292. The van der Waals surface area contributed by atoms with Crippen LogP contribution >= 0.6 is 0 Å². The van der Waals surface area contributed by atoms with Crippen LogP contribution in [0.15, 0.2) is 36.4 Å². The molecule has 2 aromatic carbocycles. The second-order valence-electron chi connectivity index (χ2n) is 11.9. The maximum atomic E-state index is 15.1. The molecule has 2 aliphatic carbocycles. The Balaban J connectivity index is 1.13. The average molecular weight is 605 g/mol. The second kappa shape index (κ2) is 12.6. The van der Waals surface area contributed by atoms with Gasteiger partial charge in [-0.3, -0.25) is 0 Å². The van der Waals surface area contributed by atoms with Crippen LogP contribution in [-0.4, -0.2) is 32.0 Å². The van der Waals surface area contributed by atoms with Crippen molar-refractivity contribution in [2.45, 2.75) is 77.1 Å². The highest BCUT2D eigenvalue weighted by Crippen LogP contribution is 2.43. The van der Waals surface area contributed by atoms with Crippen LogP contribution in [0.5, 0.6) is 11.5 Å². The van der Waals surface area contributed by atoms with Crippen LogP contribution in [-0.2, 0) is 9.47 Å². The molecule has 0 radical (unpaired) electrons. The molecule has 1 aliphatic heterocycles. The van der Waals surface area contributed by atoms with E-state index in [0.29, 0.717) is 50.0 Å². The van der Waals surface area contributed by atoms with Gasteiger partial charge >= 0.3 is 12.5 Å². The molecule has 3 aliphatic rings. The first-order chi connectivity index (χ1) is 19.9. The third-order valence-corrected chi connectivity index (χ3v) is 8.97. The lowest BCUT2D eigenvalue weighted by Crippen LogP contribution is -2.43. The Hall–Kier alpha value is -2.53. The highest BCUT2D eigenvalue weighted by molar-refractivity contribution is 5.66. The van der Waals surface area contributed by atoms with E-state index in [1.807, 2.05) is 0 Å². The molecule has 5 rings (SSSR count). The lowest BCUT2D eigenvalue weighted by atomic mass is 9.76. The van der Waals surface area contributed by atoms with E-state index in [1.165, 1.54) is 25.7 Å². The van der Waals surface area contributed by atoms with E-state index in [4.69, 9.17) is 14.2 Å². The minimum absolute atomic E-state index is 0.0226. The maximum absolute atomic E-state index is 15.1. The molecule has 232 valence electrons. The number of benzene rings is 2. The van der Waals surface area contributed by atoms with E-state index < -0.39 is 41.5 Å². The van der Waals surface area contributed by atoms with Gasteiger partial charge in [-0.2, -0.15) is 8.78 Å². The Kier molecular flexibility index (Phi) is 9.27. The zero-order valence-corrected chi connectivity index (χ0v) is 23.3. The van der Waals surface area contributed by atoms with Crippen molar-refractivity contribution < 1.29 is 49.7 Å². The Morgan fingerprint density at radius 1 is 0.690 bits per heavy atom. The van der Waals surface area contributed by atoms with Gasteiger partial charge in [0, 0.05) is 23.5 Å². The fourth-order valence-corrected chi connectivity index (χ4v) is 6.47. The summed E-state index contributed by atoms with van der Waals surface area (Å²) >= 11 is 0. The predicted octanol–water partition coefficient (Wildman–Crippen LogP) is 9.12. The summed E-state index contributed by atoms with van der Waals surface area (Å²) in [4.78, 5) is 0. The van der Waals surface area contributed by atoms with Crippen LogP contribution in [0.2, 0.25) is 0 Å². The monoisotopic (exact) mass is 604 g/mol. The molecule has 11 heteroatoms. The minimum Gasteiger partial charge on any atom is -0.432 e. The smallest absolute Gasteiger partial charge is 0.432 e. The lowest BCUT2D eigenvalue weighted by molar-refractivity contribution is -0.275. The first-order valence-electron chi connectivity index (χ1n) is 14.5. The van der Waals surface area contributed by atoms with E-state index in [2.05, 4.69) is 11.7 Å². The van der Waals surface area contributed by atoms with Crippen LogP contribution in [0.3, 0.4) is 0 Å². The molecular formula is C31H35F7O4. The van der Waals surface area contributed by atoms with Gasteiger partial charge < -0.3 is 18.9 Å². The van der Waals surface area contributed by atoms with Crippen molar-refractivity contribution in [3.05, 3.63) is 48.0 Å². The van der Waals surface area contributed by atoms with Gasteiger partial charge in [-0.1, -0.05) is 25.8 Å². The number of hydrogen-bond donors (Lipinski definition) is 0. The zero-order chi connectivity index (χ0) is 30.1. The third-order valence-electron chi connectivity index (χ3n) is 8.97. The summed E-state index contributed by atoms with van der Waals surface area (Å²) in [6.45, 7) is 3.57. The van der Waals surface area contributed by atoms with Crippen LogP contribution in [0, 0.1) is 41.2 Å². The first kappa shape index (κ1) is 30.9. The fourth-order valence-electron chi connectivity index (χ4n) is 6.47. The fraction of sp³-hybridized carbons (Fsp3) is 0.613. The molecule has 3 fully saturated rings. The number of alkyl halides is 5. The molecule has 0 bridgehead atoms. The van der Waals surface area contributed by atoms with Gasteiger partial charge in [-0.25, -0.2) is 8.78 Å². The molecule has 0 unspecified atom stereocenters. The Bertz CT molecular complexity index is 1200. The van der Waals surface area contributed by atoms with Gasteiger partial charge in [-0.15, -0.1) is 13.2 Å². The summed E-state index contributed by atoms with van der Waals surface area (Å²) in [5.74, 6) is -3.11. The molecule has 1 saturated heterocycles. The van der Waals surface area contributed by atoms with E-state index in [0.717, 1.165) is 30.2 Å². The van der Waals surface area contributed by atoms with Crippen molar-refractivity contribution in [3.63, 3.8) is 0 Å². The van der Waals surface area contributed by atoms with Crippen molar-refractivity contribution in [2.24, 2.45) is 29.6 Å².